The van der Waals surface area contributed by atoms with E-state index in [1.54, 1.807) is 6.92 Å². The zero-order valence-electron chi connectivity index (χ0n) is 8.29. The van der Waals surface area contributed by atoms with Crippen LogP contribution in [0.3, 0.4) is 0 Å². The highest BCUT2D eigenvalue weighted by Gasteiger charge is 2.03. The van der Waals surface area contributed by atoms with Crippen LogP contribution in [0.5, 0.6) is 0 Å². The number of ether oxygens (including phenoxy) is 2. The topological polar surface area (TPSA) is 35.5 Å². The number of hydrogen-bond acceptors (Lipinski definition) is 3. The normalized spacial score (nSPS) is 13.6. The summed E-state index contributed by atoms with van der Waals surface area (Å²) in [6.07, 6.45) is 6.68. The molecule has 0 radical (unpaired) electrons. The Morgan fingerprint density at radius 2 is 2.36 bits per heavy atom. The van der Waals surface area contributed by atoms with E-state index < -0.39 is 0 Å². The number of rotatable bonds is 5. The van der Waals surface area contributed by atoms with Crippen molar-refractivity contribution in [2.24, 2.45) is 0 Å². The molecule has 0 unspecified atom stereocenters. The van der Waals surface area contributed by atoms with Gasteiger partial charge in [-0.15, -0.1) is 0 Å². The molecule has 76 valence electrons. The quantitative estimate of drug-likeness (QED) is 0.381. The second kappa shape index (κ2) is 5.27. The highest BCUT2D eigenvalue weighted by atomic mass is 16.6. The first kappa shape index (κ1) is 10.6. The smallest absolute Gasteiger partial charge is 0.333 e. The molecule has 0 saturated carbocycles. The van der Waals surface area contributed by atoms with Gasteiger partial charge in [-0.1, -0.05) is 18.7 Å². The molecule has 0 saturated heterocycles. The predicted octanol–water partition coefficient (Wildman–Crippen LogP) is 1.97. The summed E-state index contributed by atoms with van der Waals surface area (Å²) in [5.41, 5.74) is 0.409. The van der Waals surface area contributed by atoms with Crippen molar-refractivity contribution < 1.29 is 14.3 Å². The van der Waals surface area contributed by atoms with Crippen LogP contribution in [0.4, 0.5) is 0 Å². The van der Waals surface area contributed by atoms with Crippen LogP contribution in [0.15, 0.2) is 36.1 Å². The van der Waals surface area contributed by atoms with Gasteiger partial charge >= 0.3 is 5.97 Å². The summed E-state index contributed by atoms with van der Waals surface area (Å²) in [6.45, 7) is 5.75. The summed E-state index contributed by atoms with van der Waals surface area (Å²) in [6, 6.07) is 0. The molecule has 0 atom stereocenters. The zero-order chi connectivity index (χ0) is 10.4. The third kappa shape index (κ3) is 3.47. The molecule has 1 rings (SSSR count). The largest absolute Gasteiger partial charge is 0.494 e. The van der Waals surface area contributed by atoms with Crippen molar-refractivity contribution in [3.63, 3.8) is 0 Å². The van der Waals surface area contributed by atoms with Gasteiger partial charge < -0.3 is 9.47 Å². The number of carbonyl (C=O) groups excluding carboxylic acids is 1. The molecule has 0 fully saturated rings. The average molecular weight is 194 g/mol. The third-order valence-electron chi connectivity index (χ3n) is 1.69. The van der Waals surface area contributed by atoms with E-state index in [4.69, 9.17) is 9.47 Å². The Morgan fingerprint density at radius 3 is 2.93 bits per heavy atom. The van der Waals surface area contributed by atoms with E-state index in [0.717, 1.165) is 12.2 Å². The number of hydrogen-bond donors (Lipinski definition) is 0. The zero-order valence-corrected chi connectivity index (χ0v) is 8.29. The maximum Gasteiger partial charge on any atom is 0.333 e. The average Bonchev–Trinajstić information content (AvgIpc) is 2.64. The van der Waals surface area contributed by atoms with Gasteiger partial charge in [0.05, 0.1) is 5.76 Å². The van der Waals surface area contributed by atoms with Crippen LogP contribution >= 0.6 is 0 Å². The van der Waals surface area contributed by atoms with Crippen LogP contribution in [0.25, 0.3) is 0 Å². The van der Waals surface area contributed by atoms with Crippen molar-refractivity contribution in [2.75, 3.05) is 13.2 Å². The molecule has 0 aromatic heterocycles. The number of carbonyl (C=O) groups is 1. The first-order chi connectivity index (χ1) is 6.70. The fourth-order valence-corrected chi connectivity index (χ4v) is 0.965. The lowest BCUT2D eigenvalue weighted by Crippen LogP contribution is -2.10. The van der Waals surface area contributed by atoms with Gasteiger partial charge in [-0.2, -0.15) is 0 Å². The van der Waals surface area contributed by atoms with Crippen LogP contribution in [-0.4, -0.2) is 19.2 Å². The standard InChI is InChI=1S/C11H14O3/c1-9(2)11(12)14-8-7-13-10-5-3-4-6-10/h3-5H,1,6-8H2,2H3. The number of allylic oxidation sites excluding steroid dienone is 3. The Hall–Kier alpha value is -1.51. The van der Waals surface area contributed by atoms with E-state index >= 15 is 0 Å². The van der Waals surface area contributed by atoms with Gasteiger partial charge in [0.25, 0.3) is 0 Å². The lowest BCUT2D eigenvalue weighted by molar-refractivity contribution is -0.140. The Labute approximate surface area is 83.7 Å². The molecule has 1 aliphatic rings. The maximum atomic E-state index is 10.9. The van der Waals surface area contributed by atoms with E-state index in [-0.39, 0.29) is 12.6 Å². The van der Waals surface area contributed by atoms with Crippen molar-refractivity contribution >= 4 is 5.97 Å². The maximum absolute atomic E-state index is 10.9. The SMILES string of the molecule is C=C(C)C(=O)OCCOC1=CC=CC1. The lowest BCUT2D eigenvalue weighted by atomic mass is 10.4. The Kier molecular flexibility index (Phi) is 3.98. The minimum atomic E-state index is -0.368. The Bertz CT molecular complexity index is 283. The van der Waals surface area contributed by atoms with Crippen molar-refractivity contribution in [3.8, 4) is 0 Å². The molecule has 14 heavy (non-hydrogen) atoms. The molecule has 1 aliphatic carbocycles. The molecule has 0 aromatic carbocycles. The molecule has 0 aromatic rings. The second-order valence-corrected chi connectivity index (χ2v) is 3.03. The van der Waals surface area contributed by atoms with Gasteiger partial charge in [0.15, 0.2) is 0 Å². The van der Waals surface area contributed by atoms with Gasteiger partial charge in [0, 0.05) is 12.0 Å². The minimum Gasteiger partial charge on any atom is -0.494 e. The minimum absolute atomic E-state index is 0.267. The summed E-state index contributed by atoms with van der Waals surface area (Å²) in [4.78, 5) is 10.9. The van der Waals surface area contributed by atoms with Crippen LogP contribution in [0.2, 0.25) is 0 Å². The van der Waals surface area contributed by atoms with Gasteiger partial charge in [0.2, 0.25) is 0 Å². The third-order valence-corrected chi connectivity index (χ3v) is 1.69. The summed E-state index contributed by atoms with van der Waals surface area (Å²) in [7, 11) is 0. The van der Waals surface area contributed by atoms with E-state index in [2.05, 4.69) is 6.58 Å². The van der Waals surface area contributed by atoms with Gasteiger partial charge in [-0.3, -0.25) is 0 Å². The molecule has 0 spiro atoms. The highest BCUT2D eigenvalue weighted by molar-refractivity contribution is 5.86. The lowest BCUT2D eigenvalue weighted by Gasteiger charge is -2.07. The van der Waals surface area contributed by atoms with E-state index in [9.17, 15) is 4.79 Å². The van der Waals surface area contributed by atoms with Gasteiger partial charge in [-0.05, 0) is 13.0 Å². The summed E-state index contributed by atoms with van der Waals surface area (Å²) >= 11 is 0. The fraction of sp³-hybridized carbons (Fsp3) is 0.364. The first-order valence-corrected chi connectivity index (χ1v) is 4.51. The summed E-state index contributed by atoms with van der Waals surface area (Å²) in [5, 5.41) is 0. The first-order valence-electron chi connectivity index (χ1n) is 4.51. The second-order valence-electron chi connectivity index (χ2n) is 3.03. The predicted molar refractivity (Wildman–Crippen MR) is 53.6 cm³/mol. The van der Waals surface area contributed by atoms with Crippen molar-refractivity contribution in [2.45, 2.75) is 13.3 Å². The molecular weight excluding hydrogens is 180 g/mol. The van der Waals surface area contributed by atoms with Crippen LogP contribution in [0.1, 0.15) is 13.3 Å². The van der Waals surface area contributed by atoms with Crippen molar-refractivity contribution in [3.05, 3.63) is 36.1 Å². The fourth-order valence-electron chi connectivity index (χ4n) is 0.965. The molecule has 0 aliphatic heterocycles. The van der Waals surface area contributed by atoms with Crippen molar-refractivity contribution in [1.82, 2.24) is 0 Å². The van der Waals surface area contributed by atoms with E-state index in [1.165, 1.54) is 0 Å². The van der Waals surface area contributed by atoms with Crippen molar-refractivity contribution in [1.29, 1.82) is 0 Å². The molecule has 0 amide bonds. The molecule has 0 N–H and O–H groups in total. The summed E-state index contributed by atoms with van der Waals surface area (Å²) < 4.78 is 10.2. The molecule has 3 heteroatoms. The van der Waals surface area contributed by atoms with Crippen LogP contribution in [0, 0.1) is 0 Å². The van der Waals surface area contributed by atoms with E-state index in [0.29, 0.717) is 12.2 Å². The molecule has 3 nitrogen and oxygen atoms in total. The monoisotopic (exact) mass is 194 g/mol. The molecule has 0 heterocycles. The Morgan fingerprint density at radius 1 is 1.57 bits per heavy atom. The highest BCUT2D eigenvalue weighted by Crippen LogP contribution is 2.10. The Balaban J connectivity index is 2.05. The van der Waals surface area contributed by atoms with E-state index in [1.807, 2.05) is 18.2 Å². The van der Waals surface area contributed by atoms with Gasteiger partial charge in [-0.25, -0.2) is 4.79 Å². The molecule has 0 bridgehead atoms. The summed E-state index contributed by atoms with van der Waals surface area (Å²) in [5.74, 6) is 0.545. The van der Waals surface area contributed by atoms with Crippen LogP contribution < -0.4 is 0 Å². The number of esters is 1. The molecular formula is C11H14O3. The van der Waals surface area contributed by atoms with Gasteiger partial charge in [0.1, 0.15) is 13.2 Å². The van der Waals surface area contributed by atoms with Crippen LogP contribution in [-0.2, 0) is 14.3 Å².